The lowest BCUT2D eigenvalue weighted by molar-refractivity contribution is 0.199. The fourth-order valence-corrected chi connectivity index (χ4v) is 2.66. The van der Waals surface area contributed by atoms with E-state index in [-0.39, 0.29) is 0 Å². The number of aliphatic hydroxyl groups excluding tert-OH is 1. The van der Waals surface area contributed by atoms with Crippen molar-refractivity contribution in [3.05, 3.63) is 23.9 Å². The maximum Gasteiger partial charge on any atom is 0.134 e. The van der Waals surface area contributed by atoms with Crippen molar-refractivity contribution in [3.8, 4) is 0 Å². The van der Waals surface area contributed by atoms with Gasteiger partial charge in [-0.05, 0) is 39.9 Å². The number of hydrogen-bond donors (Lipinski definition) is 1. The van der Waals surface area contributed by atoms with Crippen LogP contribution in [-0.4, -0.2) is 47.7 Å². The van der Waals surface area contributed by atoms with Crippen LogP contribution in [0.15, 0.2) is 18.3 Å². The highest BCUT2D eigenvalue weighted by Gasteiger charge is 2.23. The molecule has 2 rings (SSSR count). The van der Waals surface area contributed by atoms with Crippen LogP contribution in [0.1, 0.15) is 31.9 Å². The minimum atomic E-state index is -0.470. The van der Waals surface area contributed by atoms with Gasteiger partial charge in [-0.2, -0.15) is 0 Å². The standard InChI is InChI=1S/C14H23N3O/c1-11-10-16(3)8-5-9-17(11)14-13(12(2)18)6-4-7-15-14/h4,6-7,11-12,18H,5,8-10H2,1-3H3/t11?,12-/m1/s1. The molecule has 1 aromatic rings. The molecule has 2 heterocycles. The second-order valence-corrected chi connectivity index (χ2v) is 5.25. The second kappa shape index (κ2) is 5.67. The van der Waals surface area contributed by atoms with E-state index in [2.05, 4.69) is 28.8 Å². The number of nitrogens with zero attached hydrogens (tertiary/aromatic N) is 3. The van der Waals surface area contributed by atoms with Crippen LogP contribution < -0.4 is 4.90 Å². The Kier molecular flexibility index (Phi) is 4.19. The van der Waals surface area contributed by atoms with E-state index in [1.807, 2.05) is 18.3 Å². The summed E-state index contributed by atoms with van der Waals surface area (Å²) < 4.78 is 0. The third kappa shape index (κ3) is 2.82. The van der Waals surface area contributed by atoms with E-state index >= 15 is 0 Å². The molecule has 0 amide bonds. The van der Waals surface area contributed by atoms with Gasteiger partial charge in [0.05, 0.1) is 6.10 Å². The van der Waals surface area contributed by atoms with E-state index < -0.39 is 6.10 Å². The molecule has 4 heteroatoms. The molecule has 0 bridgehead atoms. The van der Waals surface area contributed by atoms with Crippen molar-refractivity contribution in [1.82, 2.24) is 9.88 Å². The Morgan fingerprint density at radius 3 is 2.94 bits per heavy atom. The van der Waals surface area contributed by atoms with Crippen LogP contribution in [0.5, 0.6) is 0 Å². The fraction of sp³-hybridized carbons (Fsp3) is 0.643. The van der Waals surface area contributed by atoms with Crippen molar-refractivity contribution in [2.75, 3.05) is 31.6 Å². The van der Waals surface area contributed by atoms with Crippen LogP contribution in [0.4, 0.5) is 5.82 Å². The maximum atomic E-state index is 9.87. The molecule has 1 saturated heterocycles. The van der Waals surface area contributed by atoms with Gasteiger partial charge in [0, 0.05) is 30.9 Å². The minimum absolute atomic E-state index is 0.421. The van der Waals surface area contributed by atoms with E-state index in [0.717, 1.165) is 37.4 Å². The Hall–Kier alpha value is -1.13. The average Bonchev–Trinajstić information content (AvgIpc) is 2.50. The van der Waals surface area contributed by atoms with Crippen LogP contribution in [0.2, 0.25) is 0 Å². The molecular weight excluding hydrogens is 226 g/mol. The Balaban J connectivity index is 2.29. The van der Waals surface area contributed by atoms with Gasteiger partial charge in [-0.1, -0.05) is 6.07 Å². The van der Waals surface area contributed by atoms with Gasteiger partial charge in [0.2, 0.25) is 0 Å². The van der Waals surface area contributed by atoms with Crippen molar-refractivity contribution < 1.29 is 5.11 Å². The Morgan fingerprint density at radius 1 is 1.44 bits per heavy atom. The number of hydrogen-bond acceptors (Lipinski definition) is 4. The SMILES string of the molecule is CC1CN(C)CCCN1c1ncccc1[C@@H](C)O. The molecular formula is C14H23N3O. The first-order chi connectivity index (χ1) is 8.59. The fourth-order valence-electron chi connectivity index (χ4n) is 2.66. The molecule has 0 radical (unpaired) electrons. The highest BCUT2D eigenvalue weighted by Crippen LogP contribution is 2.26. The van der Waals surface area contributed by atoms with Crippen LogP contribution in [0.25, 0.3) is 0 Å². The van der Waals surface area contributed by atoms with Crippen LogP contribution in [-0.2, 0) is 0 Å². The highest BCUT2D eigenvalue weighted by atomic mass is 16.3. The quantitative estimate of drug-likeness (QED) is 0.865. The summed E-state index contributed by atoms with van der Waals surface area (Å²) in [5, 5.41) is 9.87. The van der Waals surface area contributed by atoms with Crippen LogP contribution >= 0.6 is 0 Å². The molecule has 0 aliphatic carbocycles. The Labute approximate surface area is 109 Å². The van der Waals surface area contributed by atoms with E-state index in [9.17, 15) is 5.11 Å². The third-order valence-electron chi connectivity index (χ3n) is 3.59. The highest BCUT2D eigenvalue weighted by molar-refractivity contribution is 5.48. The van der Waals surface area contributed by atoms with Crippen molar-refractivity contribution in [1.29, 1.82) is 0 Å². The summed E-state index contributed by atoms with van der Waals surface area (Å²) >= 11 is 0. The molecule has 4 nitrogen and oxygen atoms in total. The van der Waals surface area contributed by atoms with E-state index in [1.165, 1.54) is 0 Å². The maximum absolute atomic E-state index is 9.87. The zero-order chi connectivity index (χ0) is 13.1. The molecule has 1 unspecified atom stereocenters. The van der Waals surface area contributed by atoms with Gasteiger partial charge >= 0.3 is 0 Å². The molecule has 0 spiro atoms. The van der Waals surface area contributed by atoms with E-state index in [1.54, 1.807) is 6.92 Å². The largest absolute Gasteiger partial charge is 0.389 e. The first kappa shape index (κ1) is 13.3. The monoisotopic (exact) mass is 249 g/mol. The predicted molar refractivity (Wildman–Crippen MR) is 73.8 cm³/mol. The Morgan fingerprint density at radius 2 is 2.22 bits per heavy atom. The number of likely N-dealkylation sites (N-methyl/N-ethyl adjacent to an activating group) is 1. The number of rotatable bonds is 2. The summed E-state index contributed by atoms with van der Waals surface area (Å²) in [6.45, 7) is 7.19. The molecule has 0 saturated carbocycles. The van der Waals surface area contributed by atoms with Gasteiger partial charge in [-0.25, -0.2) is 4.98 Å². The normalized spacial score (nSPS) is 23.8. The van der Waals surface area contributed by atoms with Gasteiger partial charge in [0.25, 0.3) is 0 Å². The molecule has 18 heavy (non-hydrogen) atoms. The lowest BCUT2D eigenvalue weighted by Crippen LogP contribution is -2.39. The minimum Gasteiger partial charge on any atom is -0.389 e. The lowest BCUT2D eigenvalue weighted by atomic mass is 10.1. The first-order valence-corrected chi connectivity index (χ1v) is 6.67. The van der Waals surface area contributed by atoms with Crippen molar-refractivity contribution in [3.63, 3.8) is 0 Å². The van der Waals surface area contributed by atoms with Crippen molar-refractivity contribution in [2.45, 2.75) is 32.4 Å². The summed E-state index contributed by atoms with van der Waals surface area (Å²) in [6, 6.07) is 4.28. The topological polar surface area (TPSA) is 39.6 Å². The van der Waals surface area contributed by atoms with E-state index in [4.69, 9.17) is 0 Å². The molecule has 1 fully saturated rings. The molecule has 2 atom stereocenters. The summed E-state index contributed by atoms with van der Waals surface area (Å²) in [5.74, 6) is 0.940. The molecule has 1 aromatic heterocycles. The number of aliphatic hydroxyl groups is 1. The molecule has 1 aliphatic rings. The van der Waals surface area contributed by atoms with Crippen LogP contribution in [0.3, 0.4) is 0 Å². The second-order valence-electron chi connectivity index (χ2n) is 5.25. The van der Waals surface area contributed by atoms with Gasteiger partial charge in [-0.15, -0.1) is 0 Å². The number of pyridine rings is 1. The zero-order valence-corrected chi connectivity index (χ0v) is 11.5. The smallest absolute Gasteiger partial charge is 0.134 e. The van der Waals surface area contributed by atoms with Gasteiger partial charge in [0.1, 0.15) is 5.82 Å². The predicted octanol–water partition coefficient (Wildman–Crippen LogP) is 1.67. The molecule has 1 N–H and O–H groups in total. The average molecular weight is 249 g/mol. The molecule has 1 aliphatic heterocycles. The summed E-state index contributed by atoms with van der Waals surface area (Å²) in [4.78, 5) is 9.17. The van der Waals surface area contributed by atoms with Gasteiger partial charge < -0.3 is 14.9 Å². The zero-order valence-electron chi connectivity index (χ0n) is 11.5. The third-order valence-corrected chi connectivity index (χ3v) is 3.59. The summed E-state index contributed by atoms with van der Waals surface area (Å²) in [6.07, 6.45) is 2.47. The van der Waals surface area contributed by atoms with Gasteiger partial charge in [0.15, 0.2) is 0 Å². The molecule has 0 aromatic carbocycles. The number of anilines is 1. The lowest BCUT2D eigenvalue weighted by Gasteiger charge is -2.31. The Bertz CT molecular complexity index is 394. The van der Waals surface area contributed by atoms with E-state index in [0.29, 0.717) is 6.04 Å². The van der Waals surface area contributed by atoms with Crippen molar-refractivity contribution in [2.24, 2.45) is 0 Å². The first-order valence-electron chi connectivity index (χ1n) is 6.67. The summed E-state index contributed by atoms with van der Waals surface area (Å²) in [7, 11) is 2.16. The summed E-state index contributed by atoms with van der Waals surface area (Å²) in [5.41, 5.74) is 0.925. The van der Waals surface area contributed by atoms with Crippen LogP contribution in [0, 0.1) is 0 Å². The number of aromatic nitrogens is 1. The van der Waals surface area contributed by atoms with Crippen molar-refractivity contribution >= 4 is 5.82 Å². The molecule has 100 valence electrons. The van der Waals surface area contributed by atoms with Gasteiger partial charge in [-0.3, -0.25) is 0 Å².